The highest BCUT2D eigenvalue weighted by molar-refractivity contribution is 9.10. The van der Waals surface area contributed by atoms with E-state index in [9.17, 15) is 0 Å². The molecule has 0 atom stereocenters. The van der Waals surface area contributed by atoms with Gasteiger partial charge in [0.05, 0.1) is 7.11 Å². The largest absolute Gasteiger partial charge is 0.493 e. The van der Waals surface area contributed by atoms with Crippen LogP contribution in [0.3, 0.4) is 0 Å². The summed E-state index contributed by atoms with van der Waals surface area (Å²) in [5.74, 6) is 1.44. The van der Waals surface area contributed by atoms with Crippen molar-refractivity contribution in [2.45, 2.75) is 13.0 Å². The van der Waals surface area contributed by atoms with Crippen LogP contribution in [-0.2, 0) is 13.0 Å². The third-order valence-corrected chi connectivity index (χ3v) is 3.25. The Hall–Kier alpha value is -1.59. The molecule has 106 valence electrons. The molecule has 0 amide bonds. The summed E-state index contributed by atoms with van der Waals surface area (Å²) in [5.41, 5.74) is 7.70. The summed E-state index contributed by atoms with van der Waals surface area (Å²) >= 11 is 3.39. The fourth-order valence-corrected chi connectivity index (χ4v) is 2.26. The summed E-state index contributed by atoms with van der Waals surface area (Å²) in [6, 6.07) is 7.85. The lowest BCUT2D eigenvalue weighted by atomic mass is 10.1. The number of benzene rings is 1. The normalized spacial score (nSPS) is 10.3. The highest BCUT2D eigenvalue weighted by atomic mass is 79.9. The molecule has 0 aliphatic heterocycles. The maximum Gasteiger partial charge on any atom is 0.161 e. The molecular weight excluding hydrogens is 320 g/mol. The van der Waals surface area contributed by atoms with E-state index in [0.717, 1.165) is 27.8 Å². The van der Waals surface area contributed by atoms with Gasteiger partial charge in [-0.3, -0.25) is 4.98 Å². The second-order valence-electron chi connectivity index (χ2n) is 4.32. The van der Waals surface area contributed by atoms with Crippen LogP contribution in [0.25, 0.3) is 0 Å². The lowest BCUT2D eigenvalue weighted by molar-refractivity contribution is 0.284. The fraction of sp³-hybridized carbons (Fsp3) is 0.267. The Morgan fingerprint density at radius 1 is 1.15 bits per heavy atom. The van der Waals surface area contributed by atoms with Gasteiger partial charge in [0.15, 0.2) is 11.5 Å². The van der Waals surface area contributed by atoms with Gasteiger partial charge in [-0.05, 0) is 52.7 Å². The minimum Gasteiger partial charge on any atom is -0.493 e. The molecule has 0 saturated heterocycles. The first-order valence-corrected chi connectivity index (χ1v) is 7.11. The summed E-state index contributed by atoms with van der Waals surface area (Å²) in [6.07, 6.45) is 4.34. The Balaban J connectivity index is 2.12. The molecule has 0 unspecified atom stereocenters. The molecule has 0 radical (unpaired) electrons. The van der Waals surface area contributed by atoms with Gasteiger partial charge in [0, 0.05) is 22.4 Å². The molecule has 0 aliphatic carbocycles. The molecular formula is C15H17BrN2O2. The van der Waals surface area contributed by atoms with Crippen molar-refractivity contribution in [3.05, 3.63) is 52.3 Å². The molecule has 20 heavy (non-hydrogen) atoms. The predicted octanol–water partition coefficient (Wildman–Crippen LogP) is 2.93. The van der Waals surface area contributed by atoms with Crippen LogP contribution in [0.5, 0.6) is 11.5 Å². The van der Waals surface area contributed by atoms with Gasteiger partial charge in [0.25, 0.3) is 0 Å². The number of hydrogen-bond donors (Lipinski definition) is 1. The van der Waals surface area contributed by atoms with Crippen molar-refractivity contribution in [2.24, 2.45) is 5.73 Å². The van der Waals surface area contributed by atoms with Crippen molar-refractivity contribution in [3.63, 3.8) is 0 Å². The Bertz CT molecular complexity index is 576. The van der Waals surface area contributed by atoms with Crippen LogP contribution in [0.1, 0.15) is 11.1 Å². The quantitative estimate of drug-likeness (QED) is 0.881. The number of methoxy groups -OCH3 is 1. The van der Waals surface area contributed by atoms with Gasteiger partial charge in [0.1, 0.15) is 6.61 Å². The highest BCUT2D eigenvalue weighted by Crippen LogP contribution is 2.29. The number of pyridine rings is 1. The van der Waals surface area contributed by atoms with Crippen LogP contribution in [0.4, 0.5) is 0 Å². The molecule has 0 spiro atoms. The Labute approximate surface area is 127 Å². The summed E-state index contributed by atoms with van der Waals surface area (Å²) in [5, 5.41) is 0. The van der Waals surface area contributed by atoms with E-state index in [1.807, 2.05) is 24.3 Å². The Kier molecular flexibility index (Phi) is 5.38. The van der Waals surface area contributed by atoms with Gasteiger partial charge in [0.2, 0.25) is 0 Å². The molecule has 2 N–H and O–H groups in total. The molecule has 5 heteroatoms. The van der Waals surface area contributed by atoms with Gasteiger partial charge in [-0.1, -0.05) is 6.07 Å². The lowest BCUT2D eigenvalue weighted by Gasteiger charge is -2.12. The van der Waals surface area contributed by atoms with E-state index in [2.05, 4.69) is 20.9 Å². The third-order valence-electron chi connectivity index (χ3n) is 2.82. The molecule has 0 bridgehead atoms. The maximum atomic E-state index is 5.83. The molecule has 0 saturated carbocycles. The first-order valence-electron chi connectivity index (χ1n) is 6.32. The zero-order chi connectivity index (χ0) is 14.4. The van der Waals surface area contributed by atoms with E-state index in [0.29, 0.717) is 18.9 Å². The van der Waals surface area contributed by atoms with Crippen LogP contribution in [-0.4, -0.2) is 18.6 Å². The summed E-state index contributed by atoms with van der Waals surface area (Å²) in [4.78, 5) is 4.11. The molecule has 1 heterocycles. The number of rotatable bonds is 6. The van der Waals surface area contributed by atoms with E-state index in [-0.39, 0.29) is 0 Å². The van der Waals surface area contributed by atoms with Gasteiger partial charge >= 0.3 is 0 Å². The van der Waals surface area contributed by atoms with Gasteiger partial charge in [-0.2, -0.15) is 0 Å². The topological polar surface area (TPSA) is 57.4 Å². The maximum absolute atomic E-state index is 5.83. The average molecular weight is 337 g/mol. The van der Waals surface area contributed by atoms with Crippen LogP contribution < -0.4 is 15.2 Å². The van der Waals surface area contributed by atoms with Crippen LogP contribution in [0.15, 0.2) is 41.1 Å². The lowest BCUT2D eigenvalue weighted by Crippen LogP contribution is -2.04. The minimum atomic E-state index is 0.439. The first-order chi connectivity index (χ1) is 9.72. The smallest absolute Gasteiger partial charge is 0.161 e. The number of nitrogens with two attached hydrogens (primary N) is 1. The number of nitrogens with zero attached hydrogens (tertiary/aromatic N) is 1. The standard InChI is InChI=1S/C15H17BrN2O2/c1-19-14-3-2-11(4-5-17)7-15(14)20-10-12-6-13(16)9-18-8-12/h2-3,6-9H,4-5,10,17H2,1H3. The molecule has 0 aliphatic rings. The van der Waals surface area contributed by atoms with Gasteiger partial charge in [-0.25, -0.2) is 0 Å². The predicted molar refractivity (Wildman–Crippen MR) is 82.0 cm³/mol. The second-order valence-corrected chi connectivity index (χ2v) is 5.24. The highest BCUT2D eigenvalue weighted by Gasteiger charge is 2.06. The monoisotopic (exact) mass is 336 g/mol. The minimum absolute atomic E-state index is 0.439. The van der Waals surface area contributed by atoms with E-state index in [4.69, 9.17) is 15.2 Å². The van der Waals surface area contributed by atoms with Crippen LogP contribution >= 0.6 is 15.9 Å². The second kappa shape index (κ2) is 7.26. The van der Waals surface area contributed by atoms with Crippen molar-refractivity contribution in [1.29, 1.82) is 0 Å². The third kappa shape index (κ3) is 3.95. The van der Waals surface area contributed by atoms with Crippen molar-refractivity contribution >= 4 is 15.9 Å². The van der Waals surface area contributed by atoms with Crippen molar-refractivity contribution < 1.29 is 9.47 Å². The number of ether oxygens (including phenoxy) is 2. The molecule has 2 aromatic rings. The molecule has 0 fully saturated rings. The number of aromatic nitrogens is 1. The van der Waals surface area contributed by atoms with E-state index < -0.39 is 0 Å². The van der Waals surface area contributed by atoms with Crippen molar-refractivity contribution in [2.75, 3.05) is 13.7 Å². The first kappa shape index (κ1) is 14.8. The van der Waals surface area contributed by atoms with Gasteiger partial charge < -0.3 is 15.2 Å². The molecule has 1 aromatic heterocycles. The van der Waals surface area contributed by atoms with Gasteiger partial charge in [-0.15, -0.1) is 0 Å². The average Bonchev–Trinajstić information content (AvgIpc) is 2.46. The molecule has 4 nitrogen and oxygen atoms in total. The van der Waals surface area contributed by atoms with E-state index in [1.54, 1.807) is 19.5 Å². The number of halogens is 1. The summed E-state index contributed by atoms with van der Waals surface area (Å²) < 4.78 is 12.1. The van der Waals surface area contributed by atoms with Crippen molar-refractivity contribution in [3.8, 4) is 11.5 Å². The zero-order valence-corrected chi connectivity index (χ0v) is 12.9. The van der Waals surface area contributed by atoms with E-state index in [1.165, 1.54) is 0 Å². The van der Waals surface area contributed by atoms with E-state index >= 15 is 0 Å². The Morgan fingerprint density at radius 3 is 2.70 bits per heavy atom. The Morgan fingerprint density at radius 2 is 2.00 bits per heavy atom. The van der Waals surface area contributed by atoms with Crippen LogP contribution in [0.2, 0.25) is 0 Å². The molecule has 1 aromatic carbocycles. The van der Waals surface area contributed by atoms with Crippen LogP contribution in [0, 0.1) is 0 Å². The summed E-state index contributed by atoms with van der Waals surface area (Å²) in [7, 11) is 1.63. The van der Waals surface area contributed by atoms with Crippen molar-refractivity contribution in [1.82, 2.24) is 4.98 Å². The summed E-state index contributed by atoms with van der Waals surface area (Å²) in [6.45, 7) is 1.05. The zero-order valence-electron chi connectivity index (χ0n) is 11.3. The molecule has 2 rings (SSSR count). The fourth-order valence-electron chi connectivity index (χ4n) is 1.85. The SMILES string of the molecule is COc1ccc(CCN)cc1OCc1cncc(Br)c1. The number of hydrogen-bond acceptors (Lipinski definition) is 4.